The second kappa shape index (κ2) is 9.44. The maximum atomic E-state index is 12.7. The molecule has 0 unspecified atom stereocenters. The largest absolute Gasteiger partial charge is 0.491 e. The molecule has 88 valence electrons. The quantitative estimate of drug-likeness (QED) is 0.681. The smallest absolute Gasteiger partial charge is 0.190 e. The SMILES string of the molecule is CC.CC.COc1c(F)cc(C)cc1F. The third-order valence-corrected chi connectivity index (χ3v) is 1.35. The molecule has 0 spiro atoms. The van der Waals surface area contributed by atoms with Crippen LogP contribution in [0.5, 0.6) is 5.75 Å². The van der Waals surface area contributed by atoms with Crippen molar-refractivity contribution < 1.29 is 13.5 Å². The number of ether oxygens (including phenoxy) is 1. The summed E-state index contributed by atoms with van der Waals surface area (Å²) in [5.41, 5.74) is 0.542. The molecule has 0 fully saturated rings. The van der Waals surface area contributed by atoms with E-state index in [2.05, 4.69) is 4.74 Å². The second-order valence-corrected chi connectivity index (χ2v) is 2.26. The molecule has 0 atom stereocenters. The third kappa shape index (κ3) is 5.35. The van der Waals surface area contributed by atoms with Gasteiger partial charge in [-0.05, 0) is 24.6 Å². The highest BCUT2D eigenvalue weighted by molar-refractivity contribution is 5.30. The molecule has 0 amide bonds. The highest BCUT2D eigenvalue weighted by atomic mass is 19.1. The molecule has 0 saturated carbocycles. The lowest BCUT2D eigenvalue weighted by atomic mass is 10.2. The van der Waals surface area contributed by atoms with Crippen LogP contribution >= 0.6 is 0 Å². The van der Waals surface area contributed by atoms with E-state index in [0.717, 1.165) is 0 Å². The Morgan fingerprint density at radius 1 is 0.933 bits per heavy atom. The van der Waals surface area contributed by atoms with Crippen molar-refractivity contribution in [2.45, 2.75) is 34.6 Å². The first-order valence-electron chi connectivity index (χ1n) is 5.15. The van der Waals surface area contributed by atoms with E-state index in [4.69, 9.17) is 0 Å². The highest BCUT2D eigenvalue weighted by Crippen LogP contribution is 2.21. The molecule has 1 rings (SSSR count). The van der Waals surface area contributed by atoms with Crippen LogP contribution in [0.25, 0.3) is 0 Å². The second-order valence-electron chi connectivity index (χ2n) is 2.26. The molecule has 0 N–H and O–H groups in total. The van der Waals surface area contributed by atoms with Crippen molar-refractivity contribution in [1.82, 2.24) is 0 Å². The van der Waals surface area contributed by atoms with Crippen LogP contribution in [0, 0.1) is 18.6 Å². The van der Waals surface area contributed by atoms with Crippen LogP contribution in [0.3, 0.4) is 0 Å². The van der Waals surface area contributed by atoms with E-state index in [0.29, 0.717) is 5.56 Å². The number of methoxy groups -OCH3 is 1. The van der Waals surface area contributed by atoms with Gasteiger partial charge in [-0.25, -0.2) is 8.78 Å². The van der Waals surface area contributed by atoms with Gasteiger partial charge in [-0.1, -0.05) is 27.7 Å². The molecule has 0 aliphatic carbocycles. The molecule has 1 aromatic carbocycles. The number of aryl methyl sites for hydroxylation is 1. The summed E-state index contributed by atoms with van der Waals surface area (Å²) >= 11 is 0. The minimum Gasteiger partial charge on any atom is -0.491 e. The first-order chi connectivity index (χ1) is 7.15. The van der Waals surface area contributed by atoms with E-state index in [-0.39, 0.29) is 5.75 Å². The predicted octanol–water partition coefficient (Wildman–Crippen LogP) is 4.33. The maximum Gasteiger partial charge on any atom is 0.190 e. The monoisotopic (exact) mass is 218 g/mol. The van der Waals surface area contributed by atoms with Crippen LogP contribution in [0.2, 0.25) is 0 Å². The lowest BCUT2D eigenvalue weighted by Gasteiger charge is -2.03. The van der Waals surface area contributed by atoms with Crippen molar-refractivity contribution in [1.29, 1.82) is 0 Å². The molecule has 1 nitrogen and oxygen atoms in total. The van der Waals surface area contributed by atoms with Gasteiger partial charge in [-0.2, -0.15) is 0 Å². The summed E-state index contributed by atoms with van der Waals surface area (Å²) in [7, 11) is 1.23. The maximum absolute atomic E-state index is 12.7. The fourth-order valence-corrected chi connectivity index (χ4v) is 0.882. The van der Waals surface area contributed by atoms with Crippen LogP contribution in [0.15, 0.2) is 12.1 Å². The molecule has 0 heterocycles. The van der Waals surface area contributed by atoms with Gasteiger partial charge in [0.1, 0.15) is 0 Å². The Labute approximate surface area is 91.1 Å². The molecule has 1 aromatic rings. The van der Waals surface area contributed by atoms with Crippen molar-refractivity contribution in [2.75, 3.05) is 7.11 Å². The van der Waals surface area contributed by atoms with Crippen molar-refractivity contribution in [2.24, 2.45) is 0 Å². The number of hydrogen-bond acceptors (Lipinski definition) is 1. The third-order valence-electron chi connectivity index (χ3n) is 1.35. The standard InChI is InChI=1S/C8H8F2O.2C2H6/c1-5-3-6(9)8(11-2)7(10)4-5;2*1-2/h3-4H,1-2H3;2*1-2H3. The molecular formula is C12H20F2O. The van der Waals surface area contributed by atoms with Gasteiger partial charge in [0.05, 0.1) is 7.11 Å². The zero-order valence-electron chi connectivity index (χ0n) is 10.3. The summed E-state index contributed by atoms with van der Waals surface area (Å²) in [6.45, 7) is 9.62. The van der Waals surface area contributed by atoms with E-state index >= 15 is 0 Å². The number of rotatable bonds is 1. The first kappa shape index (κ1) is 16.3. The van der Waals surface area contributed by atoms with Crippen LogP contribution in [0.4, 0.5) is 8.78 Å². The van der Waals surface area contributed by atoms with Gasteiger partial charge in [0.2, 0.25) is 0 Å². The summed E-state index contributed by atoms with van der Waals surface area (Å²) < 4.78 is 30.0. The molecule has 0 saturated heterocycles. The Hall–Kier alpha value is -1.12. The van der Waals surface area contributed by atoms with E-state index in [1.165, 1.54) is 19.2 Å². The Morgan fingerprint density at radius 3 is 1.53 bits per heavy atom. The molecule has 0 radical (unpaired) electrons. The Balaban J connectivity index is 0. The van der Waals surface area contributed by atoms with Crippen LogP contribution in [-0.2, 0) is 0 Å². The zero-order valence-corrected chi connectivity index (χ0v) is 10.3. The summed E-state index contributed by atoms with van der Waals surface area (Å²) in [4.78, 5) is 0. The predicted molar refractivity (Wildman–Crippen MR) is 60.3 cm³/mol. The minimum atomic E-state index is -0.662. The van der Waals surface area contributed by atoms with Gasteiger partial charge in [-0.15, -0.1) is 0 Å². The average Bonchev–Trinajstić information content (AvgIpc) is 2.23. The lowest BCUT2D eigenvalue weighted by molar-refractivity contribution is 0.359. The summed E-state index contributed by atoms with van der Waals surface area (Å²) in [6.07, 6.45) is 0. The molecule has 3 heteroatoms. The normalized spacial score (nSPS) is 8.00. The molecule has 0 aromatic heterocycles. The van der Waals surface area contributed by atoms with Gasteiger partial charge in [0, 0.05) is 0 Å². The summed E-state index contributed by atoms with van der Waals surface area (Å²) in [5.74, 6) is -1.65. The summed E-state index contributed by atoms with van der Waals surface area (Å²) in [5, 5.41) is 0. The molecule has 0 aliphatic heterocycles. The van der Waals surface area contributed by atoms with Crippen molar-refractivity contribution in [3.63, 3.8) is 0 Å². The molecule has 0 bridgehead atoms. The van der Waals surface area contributed by atoms with Crippen molar-refractivity contribution in [3.8, 4) is 5.75 Å². The van der Waals surface area contributed by atoms with Gasteiger partial charge in [0.25, 0.3) is 0 Å². The van der Waals surface area contributed by atoms with Gasteiger partial charge in [-0.3, -0.25) is 0 Å². The Morgan fingerprint density at radius 2 is 1.27 bits per heavy atom. The minimum absolute atomic E-state index is 0.324. The Bertz CT molecular complexity index is 249. The fourth-order valence-electron chi connectivity index (χ4n) is 0.882. The molecule has 15 heavy (non-hydrogen) atoms. The number of halogens is 2. The van der Waals surface area contributed by atoms with E-state index < -0.39 is 11.6 Å². The molecular weight excluding hydrogens is 198 g/mol. The van der Waals surface area contributed by atoms with Crippen molar-refractivity contribution >= 4 is 0 Å². The van der Waals surface area contributed by atoms with Gasteiger partial charge in [0.15, 0.2) is 17.4 Å². The van der Waals surface area contributed by atoms with E-state index in [1.54, 1.807) is 6.92 Å². The van der Waals surface area contributed by atoms with Gasteiger partial charge < -0.3 is 4.74 Å². The number of benzene rings is 1. The first-order valence-corrected chi connectivity index (χ1v) is 5.15. The molecule has 0 aliphatic rings. The van der Waals surface area contributed by atoms with E-state index in [9.17, 15) is 8.78 Å². The lowest BCUT2D eigenvalue weighted by Crippen LogP contribution is -1.92. The topological polar surface area (TPSA) is 9.23 Å². The Kier molecular flexibility index (Phi) is 10.3. The number of hydrogen-bond donors (Lipinski definition) is 0. The highest BCUT2D eigenvalue weighted by Gasteiger charge is 2.08. The zero-order chi connectivity index (χ0) is 12.4. The van der Waals surface area contributed by atoms with Crippen LogP contribution < -0.4 is 4.74 Å². The van der Waals surface area contributed by atoms with Crippen LogP contribution in [0.1, 0.15) is 33.3 Å². The van der Waals surface area contributed by atoms with Crippen molar-refractivity contribution in [3.05, 3.63) is 29.3 Å². The summed E-state index contributed by atoms with van der Waals surface area (Å²) in [6, 6.07) is 2.45. The fraction of sp³-hybridized carbons (Fsp3) is 0.500. The van der Waals surface area contributed by atoms with Crippen LogP contribution in [-0.4, -0.2) is 7.11 Å². The van der Waals surface area contributed by atoms with E-state index in [1.807, 2.05) is 27.7 Å². The van der Waals surface area contributed by atoms with Gasteiger partial charge >= 0.3 is 0 Å². The average molecular weight is 218 g/mol.